The van der Waals surface area contributed by atoms with Gasteiger partial charge in [0, 0.05) is 44.5 Å². The Morgan fingerprint density at radius 3 is 2.29 bits per heavy atom. The molecule has 190 valence electrons. The lowest BCUT2D eigenvalue weighted by Crippen LogP contribution is -2.50. The van der Waals surface area contributed by atoms with Crippen LogP contribution in [0.2, 0.25) is 10.0 Å². The summed E-state index contributed by atoms with van der Waals surface area (Å²) in [6, 6.07) is 10.5. The van der Waals surface area contributed by atoms with Gasteiger partial charge in [0.2, 0.25) is 15.9 Å². The first-order valence-corrected chi connectivity index (χ1v) is 13.8. The van der Waals surface area contributed by atoms with Crippen LogP contribution in [0.1, 0.15) is 19.3 Å². The molecule has 0 saturated carbocycles. The lowest BCUT2D eigenvalue weighted by molar-refractivity contribution is -0.137. The number of amides is 1. The third-order valence-electron chi connectivity index (χ3n) is 6.42. The molecule has 2 aromatic carbocycles. The number of nitrogens with zero attached hydrogens (tertiary/aromatic N) is 3. The van der Waals surface area contributed by atoms with Crippen LogP contribution in [0.25, 0.3) is 0 Å². The molecule has 2 aromatic rings. The zero-order valence-corrected chi connectivity index (χ0v) is 21.5. The van der Waals surface area contributed by atoms with Crippen molar-refractivity contribution in [2.24, 2.45) is 0 Å². The number of hydrogen-bond acceptors (Lipinski definition) is 5. The van der Waals surface area contributed by atoms with Crippen molar-refractivity contribution < 1.29 is 22.3 Å². The molecule has 2 heterocycles. The number of hydrogen-bond donors (Lipinski definition) is 0. The molecule has 0 spiro atoms. The number of piperazine rings is 1. The summed E-state index contributed by atoms with van der Waals surface area (Å²) in [6.07, 6.45) is 2.23. The number of carbonyl (C=O) groups is 1. The number of benzene rings is 2. The maximum absolute atomic E-state index is 13.4. The third-order valence-corrected chi connectivity index (χ3v) is 9.33. The van der Waals surface area contributed by atoms with Crippen LogP contribution in [0.5, 0.6) is 0 Å². The lowest BCUT2D eigenvalue weighted by atomic mass is 10.1. The van der Waals surface area contributed by atoms with Crippen molar-refractivity contribution in [3.8, 4) is 0 Å². The van der Waals surface area contributed by atoms with Crippen molar-refractivity contribution in [2.75, 3.05) is 50.8 Å². The molecule has 1 amide bonds. The Balaban J connectivity index is 1.31. The Morgan fingerprint density at radius 1 is 0.971 bits per heavy atom. The van der Waals surface area contributed by atoms with Gasteiger partial charge in [0.1, 0.15) is 17.3 Å². The molecule has 0 aromatic heterocycles. The van der Waals surface area contributed by atoms with E-state index < -0.39 is 16.1 Å². The molecule has 1 atom stereocenters. The van der Waals surface area contributed by atoms with Gasteiger partial charge < -0.3 is 14.5 Å². The van der Waals surface area contributed by atoms with E-state index in [1.165, 1.54) is 28.6 Å². The summed E-state index contributed by atoms with van der Waals surface area (Å²) in [7, 11) is -3.91. The molecule has 2 aliphatic heterocycles. The van der Waals surface area contributed by atoms with Gasteiger partial charge in [0.15, 0.2) is 0 Å². The van der Waals surface area contributed by atoms with Gasteiger partial charge in [-0.3, -0.25) is 4.79 Å². The van der Waals surface area contributed by atoms with E-state index in [9.17, 15) is 17.6 Å². The highest BCUT2D eigenvalue weighted by Crippen LogP contribution is 2.34. The second kappa shape index (κ2) is 11.4. The highest BCUT2D eigenvalue weighted by Gasteiger charge is 2.36. The molecular weight excluding hydrogens is 516 g/mol. The number of rotatable bonds is 7. The smallest absolute Gasteiger partial charge is 0.248 e. The zero-order valence-electron chi connectivity index (χ0n) is 19.2. The Bertz CT molecular complexity index is 1120. The van der Waals surface area contributed by atoms with Crippen molar-refractivity contribution in [1.29, 1.82) is 0 Å². The van der Waals surface area contributed by atoms with Crippen LogP contribution in [0, 0.1) is 5.82 Å². The Hall–Kier alpha value is -1.91. The molecule has 7 nitrogen and oxygen atoms in total. The molecule has 2 saturated heterocycles. The van der Waals surface area contributed by atoms with Crippen LogP contribution in [0.4, 0.5) is 10.1 Å². The van der Waals surface area contributed by atoms with E-state index >= 15 is 0 Å². The Kier molecular flexibility index (Phi) is 8.54. The molecule has 1 unspecified atom stereocenters. The van der Waals surface area contributed by atoms with Gasteiger partial charge in [-0.05, 0) is 49.2 Å². The second-order valence-electron chi connectivity index (χ2n) is 8.68. The van der Waals surface area contributed by atoms with Gasteiger partial charge in [-0.1, -0.05) is 35.7 Å². The number of sulfonamides is 1. The van der Waals surface area contributed by atoms with E-state index in [1.54, 1.807) is 23.1 Å². The quantitative estimate of drug-likeness (QED) is 0.527. The largest absolute Gasteiger partial charge is 0.370 e. The van der Waals surface area contributed by atoms with Crippen molar-refractivity contribution >= 4 is 44.8 Å². The molecule has 4 rings (SSSR count). The molecule has 0 radical (unpaired) electrons. The fraction of sp³-hybridized carbons (Fsp3) is 0.458. The number of carbonyl (C=O) groups excluding carboxylic acids is 1. The van der Waals surface area contributed by atoms with Gasteiger partial charge in [-0.2, -0.15) is 4.31 Å². The van der Waals surface area contributed by atoms with Crippen molar-refractivity contribution in [1.82, 2.24) is 9.21 Å². The van der Waals surface area contributed by atoms with Gasteiger partial charge >= 0.3 is 0 Å². The predicted octanol–water partition coefficient (Wildman–Crippen LogP) is 4.04. The molecule has 0 N–H and O–H groups in total. The van der Waals surface area contributed by atoms with Crippen molar-refractivity contribution in [2.45, 2.75) is 30.2 Å². The third kappa shape index (κ3) is 6.09. The van der Waals surface area contributed by atoms with Gasteiger partial charge in [-0.25, -0.2) is 12.8 Å². The maximum Gasteiger partial charge on any atom is 0.248 e. The van der Waals surface area contributed by atoms with E-state index in [0.717, 1.165) is 18.5 Å². The number of ether oxygens (including phenoxy) is 1. The molecule has 2 aliphatic rings. The predicted molar refractivity (Wildman–Crippen MR) is 134 cm³/mol. The molecule has 11 heteroatoms. The minimum Gasteiger partial charge on any atom is -0.370 e. The van der Waals surface area contributed by atoms with Crippen LogP contribution >= 0.6 is 23.2 Å². The highest BCUT2D eigenvalue weighted by molar-refractivity contribution is 7.89. The Morgan fingerprint density at radius 2 is 1.63 bits per heavy atom. The van der Waals surface area contributed by atoms with Crippen LogP contribution in [-0.2, 0) is 19.6 Å². The van der Waals surface area contributed by atoms with Crippen LogP contribution in [-0.4, -0.2) is 75.5 Å². The molecular formula is C24H28Cl2FN3O4S. The first kappa shape index (κ1) is 26.2. The first-order chi connectivity index (χ1) is 16.8. The second-order valence-corrected chi connectivity index (χ2v) is 11.3. The van der Waals surface area contributed by atoms with Gasteiger partial charge in [0.25, 0.3) is 0 Å². The standard InChI is InChI=1S/C24H28Cl2FN3O4S/c25-21-5-3-6-22(26)24(21)35(32,33)30-11-2-1-4-20(30)16-34-17-23(31)29-14-12-28(13-15-29)19-9-7-18(27)8-10-19/h3,5-10,20H,1-2,4,11-17H2. The number of halogens is 3. The SMILES string of the molecule is O=C(COCC1CCCCN1S(=O)(=O)c1c(Cl)cccc1Cl)N1CCN(c2ccc(F)cc2)CC1. The lowest BCUT2D eigenvalue weighted by Gasteiger charge is -2.36. The van der Waals surface area contributed by atoms with E-state index in [-0.39, 0.29) is 39.9 Å². The van der Waals surface area contributed by atoms with E-state index in [0.29, 0.717) is 39.1 Å². The summed E-state index contributed by atoms with van der Waals surface area (Å²) in [5, 5.41) is 0.162. The topological polar surface area (TPSA) is 70.2 Å². The summed E-state index contributed by atoms with van der Waals surface area (Å²) in [4.78, 5) is 16.4. The molecule has 35 heavy (non-hydrogen) atoms. The fourth-order valence-corrected chi connectivity index (χ4v) is 7.32. The van der Waals surface area contributed by atoms with Gasteiger partial charge in [0.05, 0.1) is 16.7 Å². The summed E-state index contributed by atoms with van der Waals surface area (Å²) < 4.78 is 47.0. The molecule has 0 aliphatic carbocycles. The van der Waals surface area contributed by atoms with E-state index in [2.05, 4.69) is 4.90 Å². The normalized spacial score (nSPS) is 19.7. The van der Waals surface area contributed by atoms with Crippen LogP contribution < -0.4 is 4.90 Å². The monoisotopic (exact) mass is 543 g/mol. The average Bonchev–Trinajstić information content (AvgIpc) is 2.84. The minimum absolute atomic E-state index is 0.0812. The Labute approximate surface area is 215 Å². The summed E-state index contributed by atoms with van der Waals surface area (Å²) in [5.74, 6) is -0.415. The summed E-state index contributed by atoms with van der Waals surface area (Å²) in [5.41, 5.74) is 0.923. The van der Waals surface area contributed by atoms with Crippen LogP contribution in [0.15, 0.2) is 47.4 Å². The number of anilines is 1. The number of piperidine rings is 1. The fourth-order valence-electron chi connectivity index (χ4n) is 4.54. The van der Waals surface area contributed by atoms with E-state index in [1.807, 2.05) is 0 Å². The minimum atomic E-state index is -3.91. The molecule has 2 fully saturated rings. The summed E-state index contributed by atoms with van der Waals surface area (Å²) in [6.45, 7) is 2.70. The van der Waals surface area contributed by atoms with E-state index in [4.69, 9.17) is 27.9 Å². The summed E-state index contributed by atoms with van der Waals surface area (Å²) >= 11 is 12.4. The first-order valence-electron chi connectivity index (χ1n) is 11.6. The average molecular weight is 544 g/mol. The van der Waals surface area contributed by atoms with Crippen molar-refractivity contribution in [3.05, 3.63) is 58.3 Å². The van der Waals surface area contributed by atoms with Gasteiger partial charge in [-0.15, -0.1) is 0 Å². The zero-order chi connectivity index (χ0) is 25.0. The maximum atomic E-state index is 13.4. The highest BCUT2D eigenvalue weighted by atomic mass is 35.5. The molecule has 0 bridgehead atoms. The van der Waals surface area contributed by atoms with Crippen molar-refractivity contribution in [3.63, 3.8) is 0 Å². The van der Waals surface area contributed by atoms with Crippen LogP contribution in [0.3, 0.4) is 0 Å².